The van der Waals surface area contributed by atoms with Crippen molar-refractivity contribution < 1.29 is 29.0 Å². The molecule has 3 fully saturated rings. The van der Waals surface area contributed by atoms with E-state index in [4.69, 9.17) is 21.1 Å². The smallest absolute Gasteiger partial charge is 0.312 e. The number of anilines is 1. The van der Waals surface area contributed by atoms with E-state index in [2.05, 4.69) is 13.2 Å². The van der Waals surface area contributed by atoms with Crippen LogP contribution in [0.4, 0.5) is 5.69 Å². The van der Waals surface area contributed by atoms with Crippen molar-refractivity contribution in [3.05, 3.63) is 90.5 Å². The average Bonchev–Trinajstić information content (AvgIpc) is 3.65. The molecule has 0 radical (unpaired) electrons. The molecule has 5 rings (SSSR count). The summed E-state index contributed by atoms with van der Waals surface area (Å²) in [7, 11) is 0. The first-order valence-corrected chi connectivity index (χ1v) is 15.8. The van der Waals surface area contributed by atoms with Crippen LogP contribution >= 0.6 is 11.6 Å². The third-order valence-electron chi connectivity index (χ3n) is 9.56. The number of benzene rings is 2. The zero-order valence-electron chi connectivity index (χ0n) is 25.2. The number of allylic oxidation sites excluding steroid dienone is 1. The minimum absolute atomic E-state index is 0.171. The van der Waals surface area contributed by atoms with E-state index in [1.165, 1.54) is 4.90 Å². The second kappa shape index (κ2) is 13.3. The summed E-state index contributed by atoms with van der Waals surface area (Å²) in [6.45, 7) is 9.54. The number of hydrogen-bond donors (Lipinski definition) is 1. The van der Waals surface area contributed by atoms with Gasteiger partial charge in [0, 0.05) is 17.3 Å². The van der Waals surface area contributed by atoms with Gasteiger partial charge in [-0.3, -0.25) is 14.4 Å². The highest BCUT2D eigenvalue weighted by molar-refractivity contribution is 6.30. The van der Waals surface area contributed by atoms with Crippen molar-refractivity contribution in [3.8, 4) is 0 Å². The first kappa shape index (κ1) is 31.9. The monoisotopic (exact) mass is 620 g/mol. The molecule has 2 unspecified atom stereocenters. The van der Waals surface area contributed by atoms with E-state index in [1.807, 2.05) is 43.3 Å². The summed E-state index contributed by atoms with van der Waals surface area (Å²) < 4.78 is 12.7. The van der Waals surface area contributed by atoms with Crippen LogP contribution < -0.4 is 4.90 Å². The quantitative estimate of drug-likeness (QED) is 0.167. The number of nitrogens with zero attached hydrogens (tertiary/aromatic N) is 2. The van der Waals surface area contributed by atoms with E-state index < -0.39 is 47.7 Å². The lowest BCUT2D eigenvalue weighted by Crippen LogP contribution is -2.57. The van der Waals surface area contributed by atoms with Crippen molar-refractivity contribution in [2.75, 3.05) is 24.7 Å². The van der Waals surface area contributed by atoms with Gasteiger partial charge in [0.15, 0.2) is 0 Å². The van der Waals surface area contributed by atoms with Crippen LogP contribution in [0.1, 0.15) is 57.1 Å². The molecule has 3 aliphatic heterocycles. The molecule has 1 spiro atoms. The van der Waals surface area contributed by atoms with Crippen molar-refractivity contribution in [2.24, 2.45) is 11.8 Å². The lowest BCUT2D eigenvalue weighted by molar-refractivity contribution is -0.162. The summed E-state index contributed by atoms with van der Waals surface area (Å²) in [6, 6.07) is 14.1. The molecule has 234 valence electrons. The molecule has 2 bridgehead atoms. The second-order valence-electron chi connectivity index (χ2n) is 11.9. The van der Waals surface area contributed by atoms with Crippen LogP contribution in [0, 0.1) is 11.8 Å². The Morgan fingerprint density at radius 3 is 2.50 bits per heavy atom. The van der Waals surface area contributed by atoms with Gasteiger partial charge >= 0.3 is 5.97 Å². The van der Waals surface area contributed by atoms with Gasteiger partial charge in [-0.05, 0) is 68.4 Å². The van der Waals surface area contributed by atoms with Gasteiger partial charge in [0.1, 0.15) is 17.6 Å². The number of ether oxygens (including phenoxy) is 2. The van der Waals surface area contributed by atoms with Crippen LogP contribution in [0.25, 0.3) is 0 Å². The van der Waals surface area contributed by atoms with E-state index in [9.17, 15) is 19.5 Å². The molecule has 3 heterocycles. The van der Waals surface area contributed by atoms with Crippen LogP contribution in [-0.4, -0.2) is 64.8 Å². The summed E-state index contributed by atoms with van der Waals surface area (Å²) in [4.78, 5) is 46.5. The Bertz CT molecular complexity index is 1380. The van der Waals surface area contributed by atoms with Crippen LogP contribution in [0.3, 0.4) is 0 Å². The molecule has 2 aromatic rings. The highest BCUT2D eigenvalue weighted by atomic mass is 35.5. The number of aliphatic hydroxyl groups is 1. The normalized spacial score (nSPS) is 27.6. The molecule has 3 aliphatic rings. The van der Waals surface area contributed by atoms with Gasteiger partial charge in [0.05, 0.1) is 30.8 Å². The van der Waals surface area contributed by atoms with Gasteiger partial charge in [-0.25, -0.2) is 0 Å². The Morgan fingerprint density at radius 2 is 1.86 bits per heavy atom. The number of fused-ring (bicyclic) bond motifs is 1. The molecule has 2 amide bonds. The molecule has 9 heteroatoms. The molecule has 2 aromatic carbocycles. The number of carbonyl (C=O) groups excluding carboxylic acids is 3. The fraction of sp³-hybridized carbons (Fsp3) is 0.457. The molecule has 0 saturated carbocycles. The maximum absolute atomic E-state index is 14.9. The third-order valence-corrected chi connectivity index (χ3v) is 9.81. The summed E-state index contributed by atoms with van der Waals surface area (Å²) in [6.07, 6.45) is 7.22. The number of carbonyl (C=O) groups is 3. The summed E-state index contributed by atoms with van der Waals surface area (Å²) >= 11 is 6.16. The standard InChI is InChI=1S/C35H41ClN2O6/c1-4-7-8-12-22-43-33(42)29-28-31(40)38(27(23-39)24-13-10-9-11-14-24)30(35(28)20-19-34(29,6-3)44-35)32(41)37(21-5-2)26-17-15-25(36)16-18-26/h4-5,9-11,13-18,27-30,39H,1-2,6-8,12,19-23H2,3H3/t27-,28+,29+,30?,34-,35?/m1/s1. The first-order valence-electron chi connectivity index (χ1n) is 15.4. The molecule has 3 saturated heterocycles. The Kier molecular flexibility index (Phi) is 9.63. The minimum atomic E-state index is -1.27. The zero-order chi connectivity index (χ0) is 31.5. The van der Waals surface area contributed by atoms with Crippen molar-refractivity contribution in [1.29, 1.82) is 0 Å². The first-order chi connectivity index (χ1) is 21.3. The van der Waals surface area contributed by atoms with Gasteiger partial charge in [-0.2, -0.15) is 0 Å². The Balaban J connectivity index is 1.60. The van der Waals surface area contributed by atoms with Gasteiger partial charge in [-0.15, -0.1) is 13.2 Å². The van der Waals surface area contributed by atoms with E-state index >= 15 is 0 Å². The van der Waals surface area contributed by atoms with Crippen molar-refractivity contribution in [3.63, 3.8) is 0 Å². The zero-order valence-corrected chi connectivity index (χ0v) is 26.0. The van der Waals surface area contributed by atoms with Crippen LogP contribution in [0.2, 0.25) is 5.02 Å². The van der Waals surface area contributed by atoms with Gasteiger partial charge in [-0.1, -0.05) is 61.0 Å². The van der Waals surface area contributed by atoms with E-state index in [0.29, 0.717) is 42.0 Å². The number of esters is 1. The lowest BCUT2D eigenvalue weighted by atomic mass is 9.65. The van der Waals surface area contributed by atoms with Crippen molar-refractivity contribution in [1.82, 2.24) is 4.90 Å². The van der Waals surface area contributed by atoms with Crippen LogP contribution in [0.5, 0.6) is 0 Å². The minimum Gasteiger partial charge on any atom is -0.465 e. The average molecular weight is 621 g/mol. The van der Waals surface area contributed by atoms with Crippen molar-refractivity contribution >= 4 is 35.1 Å². The predicted octanol–water partition coefficient (Wildman–Crippen LogP) is 5.65. The summed E-state index contributed by atoms with van der Waals surface area (Å²) in [5, 5.41) is 11.3. The van der Waals surface area contributed by atoms with Crippen LogP contribution in [-0.2, 0) is 23.9 Å². The topological polar surface area (TPSA) is 96.4 Å². The molecule has 6 atom stereocenters. The maximum Gasteiger partial charge on any atom is 0.312 e. The largest absolute Gasteiger partial charge is 0.465 e. The fourth-order valence-corrected chi connectivity index (χ4v) is 7.66. The number of likely N-dealkylation sites (tertiary alicyclic amines) is 1. The predicted molar refractivity (Wildman–Crippen MR) is 169 cm³/mol. The number of rotatable bonds is 14. The molecule has 0 aliphatic carbocycles. The Labute approximate surface area is 264 Å². The summed E-state index contributed by atoms with van der Waals surface area (Å²) in [5.41, 5.74) is -0.931. The van der Waals surface area contributed by atoms with Gasteiger partial charge in [0.2, 0.25) is 5.91 Å². The van der Waals surface area contributed by atoms with Gasteiger partial charge < -0.3 is 24.4 Å². The SMILES string of the molecule is C=CCCCCOC(=O)[C@@H]1[C@H]2C(=O)N([C@H](CO)c3ccccc3)C(C(=O)N(CC=C)c3ccc(Cl)cc3)C23CC[C@@]1(CC)O3. The van der Waals surface area contributed by atoms with E-state index in [0.717, 1.165) is 12.8 Å². The summed E-state index contributed by atoms with van der Waals surface area (Å²) in [5.74, 6) is -3.03. The Hall–Kier alpha value is -3.46. The van der Waals surface area contributed by atoms with Gasteiger partial charge in [0.25, 0.3) is 5.91 Å². The highest BCUT2D eigenvalue weighted by Crippen LogP contribution is 2.65. The molecular weight excluding hydrogens is 580 g/mol. The molecule has 44 heavy (non-hydrogen) atoms. The molecule has 8 nitrogen and oxygen atoms in total. The Morgan fingerprint density at radius 1 is 1.14 bits per heavy atom. The molecule has 1 N–H and O–H groups in total. The van der Waals surface area contributed by atoms with E-state index in [-0.39, 0.29) is 25.0 Å². The molecule has 0 aromatic heterocycles. The fourth-order valence-electron chi connectivity index (χ4n) is 7.53. The number of halogens is 1. The number of amides is 2. The van der Waals surface area contributed by atoms with E-state index in [1.54, 1.807) is 35.2 Å². The number of hydrogen-bond acceptors (Lipinski definition) is 6. The van der Waals surface area contributed by atoms with Crippen molar-refractivity contribution in [2.45, 2.75) is 68.7 Å². The number of unbranched alkanes of at least 4 members (excludes halogenated alkanes) is 2. The van der Waals surface area contributed by atoms with Crippen LogP contribution in [0.15, 0.2) is 79.9 Å². The second-order valence-corrected chi connectivity index (χ2v) is 12.3. The maximum atomic E-state index is 14.9. The lowest BCUT2D eigenvalue weighted by Gasteiger charge is -2.39. The third kappa shape index (κ3) is 5.37. The number of aliphatic hydroxyl groups excluding tert-OH is 1. The molecular formula is C35H41ClN2O6. The highest BCUT2D eigenvalue weighted by Gasteiger charge is 2.79.